The van der Waals surface area contributed by atoms with Gasteiger partial charge in [0.2, 0.25) is 5.91 Å². The van der Waals surface area contributed by atoms with Crippen molar-refractivity contribution in [2.75, 3.05) is 0 Å². The second kappa shape index (κ2) is 8.58. The van der Waals surface area contributed by atoms with Gasteiger partial charge in [0.25, 0.3) is 0 Å². The highest BCUT2D eigenvalue weighted by Gasteiger charge is 2.24. The molecule has 168 valence electrons. The molecule has 2 heterocycles. The minimum absolute atomic E-state index is 0.0797. The molecule has 1 aliphatic rings. The number of esters is 1. The lowest BCUT2D eigenvalue weighted by molar-refractivity contribution is -0.148. The molecule has 0 fully saturated rings. The van der Waals surface area contributed by atoms with Crippen LogP contribution in [0.1, 0.15) is 35.6 Å². The summed E-state index contributed by atoms with van der Waals surface area (Å²) in [6, 6.07) is 12.2. The van der Waals surface area contributed by atoms with E-state index in [0.29, 0.717) is 11.1 Å². The highest BCUT2D eigenvalue weighted by molar-refractivity contribution is 5.87. The Morgan fingerprint density at radius 3 is 2.70 bits per heavy atom. The number of hydrogen-bond donors (Lipinski definition) is 2. The number of carbonyl (C=O) groups excluding carboxylic acids is 2. The van der Waals surface area contributed by atoms with Crippen molar-refractivity contribution in [3.8, 4) is 0 Å². The minimum Gasteiger partial charge on any atom is -0.459 e. The molecule has 33 heavy (non-hydrogen) atoms. The number of carbonyl (C=O) groups is 2. The second-order valence-corrected chi connectivity index (χ2v) is 8.49. The lowest BCUT2D eigenvalue weighted by Gasteiger charge is -2.17. The van der Waals surface area contributed by atoms with E-state index in [1.165, 1.54) is 24.1 Å². The van der Waals surface area contributed by atoms with E-state index in [0.717, 1.165) is 41.1 Å². The molecular weight excluding hydrogens is 420 g/mol. The zero-order chi connectivity index (χ0) is 22.9. The second-order valence-electron chi connectivity index (χ2n) is 8.49. The van der Waals surface area contributed by atoms with E-state index in [4.69, 9.17) is 9.15 Å². The molecule has 2 aromatic heterocycles. The van der Waals surface area contributed by atoms with E-state index < -0.39 is 17.6 Å². The Kier molecular flexibility index (Phi) is 5.46. The van der Waals surface area contributed by atoms with Crippen LogP contribution in [0.3, 0.4) is 0 Å². The number of fused-ring (bicyclic) bond motifs is 3. The third kappa shape index (κ3) is 4.26. The number of H-pyrrole nitrogens is 1. The van der Waals surface area contributed by atoms with Crippen LogP contribution in [0.5, 0.6) is 0 Å². The van der Waals surface area contributed by atoms with Crippen LogP contribution in [0.2, 0.25) is 0 Å². The van der Waals surface area contributed by atoms with Crippen LogP contribution >= 0.6 is 0 Å². The number of para-hydroxylation sites is 1. The first kappa shape index (κ1) is 21.0. The number of nitrogens with one attached hydrogen (secondary N) is 2. The molecule has 0 saturated heterocycles. The third-order valence-corrected chi connectivity index (χ3v) is 6.17. The van der Waals surface area contributed by atoms with Gasteiger partial charge in [-0.1, -0.05) is 18.2 Å². The Labute approximate surface area is 189 Å². The molecule has 0 saturated carbocycles. The Morgan fingerprint density at radius 1 is 1.09 bits per heavy atom. The quantitative estimate of drug-likeness (QED) is 0.350. The van der Waals surface area contributed by atoms with E-state index in [9.17, 15) is 14.4 Å². The first-order chi connectivity index (χ1) is 16.0. The zero-order valence-electron chi connectivity index (χ0n) is 18.3. The number of ether oxygens (including phenoxy) is 1. The standard InChI is InChI=1S/C26H24N2O5/c1-15(29)28-23(10-18-13-27-22-8-3-2-7-20(18)22)26(31)32-14-19-12-25(30)33-24-11-17-6-4-5-16(17)9-21(19)24/h2-3,7-9,11-13,23,27H,4-6,10,14H2,1H3,(H,28,29)/t23-/m0/s1. The SMILES string of the molecule is CC(=O)N[C@@H](Cc1c[nH]c2ccccc12)C(=O)OCc1cc(=O)oc2cc3c(cc12)CCC3. The monoisotopic (exact) mass is 444 g/mol. The van der Waals surface area contributed by atoms with Crippen molar-refractivity contribution in [3.63, 3.8) is 0 Å². The predicted molar refractivity (Wildman–Crippen MR) is 124 cm³/mol. The molecule has 2 aromatic carbocycles. The lowest BCUT2D eigenvalue weighted by atomic mass is 10.0. The first-order valence-electron chi connectivity index (χ1n) is 11.0. The molecule has 1 amide bonds. The van der Waals surface area contributed by atoms with Crippen molar-refractivity contribution in [2.45, 2.75) is 45.3 Å². The molecule has 5 rings (SSSR count). The topological polar surface area (TPSA) is 101 Å². The van der Waals surface area contributed by atoms with Crippen molar-refractivity contribution in [3.05, 3.63) is 81.3 Å². The summed E-state index contributed by atoms with van der Waals surface area (Å²) in [5.74, 6) is -0.879. The van der Waals surface area contributed by atoms with E-state index in [2.05, 4.69) is 10.3 Å². The average Bonchev–Trinajstić information content (AvgIpc) is 3.41. The number of aryl methyl sites for hydroxylation is 2. The fourth-order valence-electron chi connectivity index (χ4n) is 4.62. The fraction of sp³-hybridized carbons (Fsp3) is 0.269. The van der Waals surface area contributed by atoms with Gasteiger partial charge in [0.1, 0.15) is 18.2 Å². The van der Waals surface area contributed by atoms with Gasteiger partial charge in [0, 0.05) is 47.5 Å². The molecule has 1 atom stereocenters. The van der Waals surface area contributed by atoms with E-state index in [1.54, 1.807) is 0 Å². The molecule has 0 spiro atoms. The fourth-order valence-corrected chi connectivity index (χ4v) is 4.62. The maximum Gasteiger partial charge on any atom is 0.336 e. The summed E-state index contributed by atoms with van der Waals surface area (Å²) >= 11 is 0. The summed E-state index contributed by atoms with van der Waals surface area (Å²) < 4.78 is 11.0. The molecule has 0 bridgehead atoms. The summed E-state index contributed by atoms with van der Waals surface area (Å²) in [4.78, 5) is 40.0. The van der Waals surface area contributed by atoms with Crippen LogP contribution in [-0.2, 0) is 40.2 Å². The van der Waals surface area contributed by atoms with Crippen LogP contribution in [-0.4, -0.2) is 22.9 Å². The van der Waals surface area contributed by atoms with Crippen LogP contribution in [0.4, 0.5) is 0 Å². The lowest BCUT2D eigenvalue weighted by Crippen LogP contribution is -2.42. The van der Waals surface area contributed by atoms with Gasteiger partial charge in [-0.3, -0.25) is 4.79 Å². The van der Waals surface area contributed by atoms with Gasteiger partial charge in [-0.25, -0.2) is 9.59 Å². The van der Waals surface area contributed by atoms with Crippen molar-refractivity contribution < 1.29 is 18.7 Å². The summed E-state index contributed by atoms with van der Waals surface area (Å²) in [7, 11) is 0. The van der Waals surface area contributed by atoms with Crippen molar-refractivity contribution in [1.82, 2.24) is 10.3 Å². The Balaban J connectivity index is 1.38. The molecule has 0 aliphatic heterocycles. The molecule has 7 heteroatoms. The minimum atomic E-state index is -0.850. The molecule has 0 radical (unpaired) electrons. The van der Waals surface area contributed by atoms with Gasteiger partial charge < -0.3 is 19.5 Å². The van der Waals surface area contributed by atoms with Crippen LogP contribution in [0, 0.1) is 0 Å². The van der Waals surface area contributed by atoms with Crippen LogP contribution < -0.4 is 10.9 Å². The van der Waals surface area contributed by atoms with Crippen molar-refractivity contribution >= 4 is 33.7 Å². The summed E-state index contributed by atoms with van der Waals surface area (Å²) in [5.41, 5.74) is 4.91. The van der Waals surface area contributed by atoms with Crippen molar-refractivity contribution in [2.24, 2.45) is 0 Å². The Hall–Kier alpha value is -3.87. The molecule has 4 aromatic rings. The first-order valence-corrected chi connectivity index (χ1v) is 11.0. The zero-order valence-corrected chi connectivity index (χ0v) is 18.3. The van der Waals surface area contributed by atoms with Gasteiger partial charge >= 0.3 is 11.6 Å². The predicted octanol–water partition coefficient (Wildman–Crippen LogP) is 3.55. The van der Waals surface area contributed by atoms with E-state index in [-0.39, 0.29) is 18.9 Å². The largest absolute Gasteiger partial charge is 0.459 e. The van der Waals surface area contributed by atoms with Gasteiger partial charge in [-0.2, -0.15) is 0 Å². The van der Waals surface area contributed by atoms with Crippen LogP contribution in [0.25, 0.3) is 21.9 Å². The maximum absolute atomic E-state index is 13.0. The highest BCUT2D eigenvalue weighted by atomic mass is 16.5. The molecule has 2 N–H and O–H groups in total. The molecule has 1 aliphatic carbocycles. The third-order valence-electron chi connectivity index (χ3n) is 6.17. The van der Waals surface area contributed by atoms with Gasteiger partial charge in [0.15, 0.2) is 0 Å². The molecular formula is C26H24N2O5. The molecule has 0 unspecified atom stereocenters. The number of aromatic amines is 1. The highest BCUT2D eigenvalue weighted by Crippen LogP contribution is 2.29. The molecule has 7 nitrogen and oxygen atoms in total. The van der Waals surface area contributed by atoms with Crippen LogP contribution in [0.15, 0.2) is 57.9 Å². The smallest absolute Gasteiger partial charge is 0.336 e. The van der Waals surface area contributed by atoms with Gasteiger partial charge in [-0.05, 0) is 54.2 Å². The summed E-state index contributed by atoms with van der Waals surface area (Å²) in [6.07, 6.45) is 5.16. The number of benzene rings is 2. The van der Waals surface area contributed by atoms with Gasteiger partial charge in [0.05, 0.1) is 0 Å². The maximum atomic E-state index is 13.0. The number of rotatable bonds is 6. The average molecular weight is 444 g/mol. The number of amides is 1. The summed E-state index contributed by atoms with van der Waals surface area (Å²) in [6.45, 7) is 1.29. The van der Waals surface area contributed by atoms with Crippen molar-refractivity contribution in [1.29, 1.82) is 0 Å². The number of aromatic nitrogens is 1. The summed E-state index contributed by atoms with van der Waals surface area (Å²) in [5, 5.41) is 4.45. The number of hydrogen-bond acceptors (Lipinski definition) is 5. The Bertz CT molecular complexity index is 1430. The van der Waals surface area contributed by atoms with E-state index in [1.807, 2.05) is 42.6 Å². The Morgan fingerprint density at radius 2 is 1.88 bits per heavy atom. The normalized spacial score (nSPS) is 13.7. The van der Waals surface area contributed by atoms with E-state index >= 15 is 0 Å². The van der Waals surface area contributed by atoms with Gasteiger partial charge in [-0.15, -0.1) is 0 Å².